The number of carbonyl (C=O) groups excluding carboxylic acids is 2. The minimum absolute atomic E-state index is 0.0447. The highest BCUT2D eigenvalue weighted by atomic mass is 79.9. The fraction of sp³-hybridized carbons (Fsp3) is 0.125. The Hall–Kier alpha value is -2.17. The summed E-state index contributed by atoms with van der Waals surface area (Å²) in [5.74, 6) is 0.0271. The number of hydrogen-bond acceptors (Lipinski definition) is 6. The average molecular weight is 452 g/mol. The summed E-state index contributed by atoms with van der Waals surface area (Å²) >= 11 is 6.04. The maximum atomic E-state index is 12.1. The molecular formula is C16H14BrN5O2S2. The van der Waals surface area contributed by atoms with E-state index in [1.54, 1.807) is 16.7 Å². The molecule has 0 spiro atoms. The number of thiophene rings is 1. The first-order chi connectivity index (χ1) is 12.5. The van der Waals surface area contributed by atoms with Gasteiger partial charge in [-0.2, -0.15) is 0 Å². The summed E-state index contributed by atoms with van der Waals surface area (Å²) in [6.07, 6.45) is 0. The minimum Gasteiger partial charge on any atom is -0.368 e. The molecule has 0 radical (unpaired) electrons. The molecule has 10 heteroatoms. The van der Waals surface area contributed by atoms with E-state index in [0.29, 0.717) is 16.7 Å². The Kier molecular flexibility index (Phi) is 6.07. The van der Waals surface area contributed by atoms with Gasteiger partial charge in [0.1, 0.15) is 6.54 Å². The summed E-state index contributed by atoms with van der Waals surface area (Å²) in [7, 11) is 0. The van der Waals surface area contributed by atoms with Gasteiger partial charge in [0.25, 0.3) is 0 Å². The highest BCUT2D eigenvalue weighted by Gasteiger charge is 2.17. The van der Waals surface area contributed by atoms with Gasteiger partial charge in [-0.15, -0.1) is 21.5 Å². The van der Waals surface area contributed by atoms with Gasteiger partial charge in [0.05, 0.1) is 10.6 Å². The van der Waals surface area contributed by atoms with Gasteiger partial charge >= 0.3 is 0 Å². The number of nitrogens with zero attached hydrogens (tertiary/aromatic N) is 3. The predicted molar refractivity (Wildman–Crippen MR) is 106 cm³/mol. The number of halogens is 1. The third kappa shape index (κ3) is 4.71. The van der Waals surface area contributed by atoms with Crippen LogP contribution in [0.2, 0.25) is 0 Å². The Balaban J connectivity index is 1.70. The lowest BCUT2D eigenvalue weighted by Crippen LogP contribution is -2.20. The van der Waals surface area contributed by atoms with Crippen LogP contribution < -0.4 is 11.1 Å². The minimum atomic E-state index is -0.497. The second kappa shape index (κ2) is 8.47. The van der Waals surface area contributed by atoms with Crippen molar-refractivity contribution in [3.05, 3.63) is 46.3 Å². The lowest BCUT2D eigenvalue weighted by atomic mass is 10.3. The fourth-order valence-electron chi connectivity index (χ4n) is 2.14. The Morgan fingerprint density at radius 3 is 2.65 bits per heavy atom. The Morgan fingerprint density at radius 1 is 1.23 bits per heavy atom. The van der Waals surface area contributed by atoms with E-state index in [4.69, 9.17) is 5.73 Å². The first-order valence-electron chi connectivity index (χ1n) is 7.46. The van der Waals surface area contributed by atoms with E-state index in [9.17, 15) is 9.59 Å². The quantitative estimate of drug-likeness (QED) is 0.537. The molecule has 26 heavy (non-hydrogen) atoms. The molecule has 0 fully saturated rings. The van der Waals surface area contributed by atoms with E-state index < -0.39 is 5.91 Å². The van der Waals surface area contributed by atoms with Gasteiger partial charge in [0, 0.05) is 10.2 Å². The largest absolute Gasteiger partial charge is 0.368 e. The molecule has 0 saturated carbocycles. The molecule has 7 nitrogen and oxygen atoms in total. The van der Waals surface area contributed by atoms with Gasteiger partial charge in [-0.05, 0) is 35.7 Å². The first kappa shape index (κ1) is 18.6. The highest BCUT2D eigenvalue weighted by molar-refractivity contribution is 9.10. The molecule has 0 aliphatic heterocycles. The summed E-state index contributed by atoms with van der Waals surface area (Å²) in [5.41, 5.74) is 6.05. The number of nitrogens with two attached hydrogens (primary N) is 1. The van der Waals surface area contributed by atoms with E-state index in [1.807, 2.05) is 29.6 Å². The van der Waals surface area contributed by atoms with Gasteiger partial charge in [0.15, 0.2) is 11.0 Å². The van der Waals surface area contributed by atoms with Crippen LogP contribution in [0.1, 0.15) is 0 Å². The van der Waals surface area contributed by atoms with Crippen molar-refractivity contribution in [1.29, 1.82) is 0 Å². The standard InChI is InChI=1S/C16H14BrN5O2S2/c17-10-3-5-11(6-4-10)19-14(24)9-26-16-21-20-15(12-2-1-7-25-12)22(16)8-13(18)23/h1-7H,8-9H2,(H2,18,23)(H,19,24). The Labute approximate surface area is 166 Å². The number of amides is 2. The first-order valence-corrected chi connectivity index (χ1v) is 10.1. The second-order valence-electron chi connectivity index (χ2n) is 5.18. The number of benzene rings is 1. The average Bonchev–Trinajstić information content (AvgIpc) is 3.24. The molecule has 0 unspecified atom stereocenters. The summed E-state index contributed by atoms with van der Waals surface area (Å²) in [6, 6.07) is 11.1. The number of thioether (sulfide) groups is 1. The molecule has 0 aliphatic carbocycles. The van der Waals surface area contributed by atoms with Crippen molar-refractivity contribution in [1.82, 2.24) is 14.8 Å². The summed E-state index contributed by atoms with van der Waals surface area (Å²) in [4.78, 5) is 24.4. The molecule has 3 aromatic rings. The maximum absolute atomic E-state index is 12.1. The van der Waals surface area contributed by atoms with Crippen molar-refractivity contribution in [3.63, 3.8) is 0 Å². The SMILES string of the molecule is NC(=O)Cn1c(SCC(=O)Nc2ccc(Br)cc2)nnc1-c1cccs1. The number of aromatic nitrogens is 3. The number of primary amides is 1. The third-order valence-corrected chi connectivity index (χ3v) is 5.59. The topological polar surface area (TPSA) is 103 Å². The molecule has 0 saturated heterocycles. The summed E-state index contributed by atoms with van der Waals surface area (Å²) < 4.78 is 2.57. The van der Waals surface area contributed by atoms with Gasteiger partial charge in [0.2, 0.25) is 11.8 Å². The van der Waals surface area contributed by atoms with Gasteiger partial charge in [-0.1, -0.05) is 33.8 Å². The van der Waals surface area contributed by atoms with Crippen LogP contribution in [0.4, 0.5) is 5.69 Å². The van der Waals surface area contributed by atoms with Crippen molar-refractivity contribution in [3.8, 4) is 10.7 Å². The predicted octanol–water partition coefficient (Wildman–Crippen LogP) is 2.99. The molecule has 0 atom stereocenters. The molecule has 2 amide bonds. The van der Waals surface area contributed by atoms with Crippen LogP contribution >= 0.6 is 39.0 Å². The monoisotopic (exact) mass is 451 g/mol. The van der Waals surface area contributed by atoms with E-state index in [2.05, 4.69) is 31.4 Å². The van der Waals surface area contributed by atoms with Gasteiger partial charge in [-0.25, -0.2) is 0 Å². The van der Waals surface area contributed by atoms with Crippen LogP contribution in [-0.4, -0.2) is 32.3 Å². The molecule has 1 aromatic carbocycles. The van der Waals surface area contributed by atoms with Crippen molar-refractivity contribution >= 4 is 56.5 Å². The molecular weight excluding hydrogens is 438 g/mol. The normalized spacial score (nSPS) is 10.7. The van der Waals surface area contributed by atoms with Crippen LogP contribution in [0.15, 0.2) is 51.4 Å². The molecule has 2 aromatic heterocycles. The lowest BCUT2D eigenvalue weighted by molar-refractivity contribution is -0.118. The van der Waals surface area contributed by atoms with E-state index in [-0.39, 0.29) is 18.2 Å². The fourth-order valence-corrected chi connectivity index (χ4v) is 3.86. The van der Waals surface area contributed by atoms with Crippen LogP contribution in [0.5, 0.6) is 0 Å². The zero-order chi connectivity index (χ0) is 18.5. The van der Waals surface area contributed by atoms with E-state index in [1.165, 1.54) is 23.1 Å². The van der Waals surface area contributed by atoms with Crippen molar-refractivity contribution < 1.29 is 9.59 Å². The van der Waals surface area contributed by atoms with Crippen molar-refractivity contribution in [2.45, 2.75) is 11.7 Å². The molecule has 3 N–H and O–H groups in total. The van der Waals surface area contributed by atoms with Crippen LogP contribution in [0.3, 0.4) is 0 Å². The van der Waals surface area contributed by atoms with Gasteiger partial charge < -0.3 is 11.1 Å². The smallest absolute Gasteiger partial charge is 0.237 e. The number of anilines is 1. The lowest BCUT2D eigenvalue weighted by Gasteiger charge is -2.08. The highest BCUT2D eigenvalue weighted by Crippen LogP contribution is 2.27. The van der Waals surface area contributed by atoms with Crippen LogP contribution in [0, 0.1) is 0 Å². The maximum Gasteiger partial charge on any atom is 0.237 e. The number of rotatable bonds is 7. The van der Waals surface area contributed by atoms with Crippen LogP contribution in [0.25, 0.3) is 10.7 Å². The summed E-state index contributed by atoms with van der Waals surface area (Å²) in [5, 5.41) is 13.4. The van der Waals surface area contributed by atoms with Gasteiger partial charge in [-0.3, -0.25) is 14.2 Å². The molecule has 3 rings (SSSR count). The Morgan fingerprint density at radius 2 is 2.00 bits per heavy atom. The molecule has 134 valence electrons. The van der Waals surface area contributed by atoms with Crippen LogP contribution in [-0.2, 0) is 16.1 Å². The van der Waals surface area contributed by atoms with Crippen molar-refractivity contribution in [2.24, 2.45) is 5.73 Å². The molecule has 0 bridgehead atoms. The number of hydrogen-bond donors (Lipinski definition) is 2. The zero-order valence-corrected chi connectivity index (χ0v) is 16.6. The third-order valence-electron chi connectivity index (χ3n) is 3.23. The van der Waals surface area contributed by atoms with E-state index >= 15 is 0 Å². The number of carbonyl (C=O) groups is 2. The Bertz CT molecular complexity index is 909. The zero-order valence-electron chi connectivity index (χ0n) is 13.4. The molecule has 2 heterocycles. The summed E-state index contributed by atoms with van der Waals surface area (Å²) in [6.45, 7) is -0.0447. The second-order valence-corrected chi connectivity index (χ2v) is 7.99. The van der Waals surface area contributed by atoms with Crippen molar-refractivity contribution in [2.75, 3.05) is 11.1 Å². The number of nitrogens with one attached hydrogen (secondary N) is 1. The molecule has 0 aliphatic rings. The van der Waals surface area contributed by atoms with E-state index in [0.717, 1.165) is 9.35 Å².